The maximum atomic E-state index is 12.9. The van der Waals surface area contributed by atoms with Gasteiger partial charge in [0.2, 0.25) is 0 Å². The molecule has 0 radical (unpaired) electrons. The lowest BCUT2D eigenvalue weighted by molar-refractivity contribution is 0.0545. The molecule has 6 nitrogen and oxygen atoms in total. The minimum absolute atomic E-state index is 0.0369. The third-order valence-electron chi connectivity index (χ3n) is 4.52. The van der Waals surface area contributed by atoms with Crippen molar-refractivity contribution in [1.82, 2.24) is 19.4 Å². The molecule has 1 aliphatic rings. The fraction of sp³-hybridized carbons (Fsp3) is 0.471. The van der Waals surface area contributed by atoms with Gasteiger partial charge in [0.25, 0.3) is 5.91 Å². The number of benzene rings is 1. The summed E-state index contributed by atoms with van der Waals surface area (Å²) in [6, 6.07) is 8.12. The maximum Gasteiger partial charge on any atom is 0.267 e. The lowest BCUT2D eigenvalue weighted by Gasteiger charge is -2.40. The highest BCUT2D eigenvalue weighted by Gasteiger charge is 2.32. The molecule has 1 saturated heterocycles. The number of likely N-dealkylation sites (N-methyl/N-ethyl adjacent to an activating group) is 1. The molecule has 1 aliphatic heterocycles. The summed E-state index contributed by atoms with van der Waals surface area (Å²) in [6.45, 7) is 4.16. The lowest BCUT2D eigenvalue weighted by Crippen LogP contribution is -2.49. The van der Waals surface area contributed by atoms with Crippen molar-refractivity contribution in [2.45, 2.75) is 19.4 Å². The highest BCUT2D eigenvalue weighted by Crippen LogP contribution is 2.31. The summed E-state index contributed by atoms with van der Waals surface area (Å²) in [5.41, 5.74) is 1.90. The van der Waals surface area contributed by atoms with E-state index in [1.165, 1.54) is 11.5 Å². The molecular formula is C17H22N4O2S. The number of methoxy groups -OCH3 is 1. The lowest BCUT2D eigenvalue weighted by atomic mass is 10.0. The van der Waals surface area contributed by atoms with Gasteiger partial charge in [-0.25, -0.2) is 0 Å². The molecular weight excluding hydrogens is 324 g/mol. The highest BCUT2D eigenvalue weighted by molar-refractivity contribution is 7.08. The standard InChI is InChI=1S/C17H22N4O2S/c1-4-13-16(24-19-18-13)17(22)21-10-9-20(2)14(11-21)12-7-5-6-8-15(12)23-3/h5-8,14H,4,9-11H2,1-3H3/t14-/m0/s1. The average molecular weight is 346 g/mol. The molecule has 0 unspecified atom stereocenters. The van der Waals surface area contributed by atoms with Crippen LogP contribution in [0.4, 0.5) is 0 Å². The Balaban J connectivity index is 1.84. The number of carbonyl (C=O) groups excluding carboxylic acids is 1. The number of para-hydroxylation sites is 1. The van der Waals surface area contributed by atoms with Gasteiger partial charge in [0.1, 0.15) is 10.6 Å². The zero-order valence-electron chi connectivity index (χ0n) is 14.2. The molecule has 1 aromatic carbocycles. The van der Waals surface area contributed by atoms with Gasteiger partial charge in [-0.15, -0.1) is 5.10 Å². The van der Waals surface area contributed by atoms with Crippen molar-refractivity contribution < 1.29 is 9.53 Å². The quantitative estimate of drug-likeness (QED) is 0.850. The third kappa shape index (κ3) is 3.14. The number of hydrogen-bond acceptors (Lipinski definition) is 6. The van der Waals surface area contributed by atoms with Gasteiger partial charge in [0, 0.05) is 25.2 Å². The topological polar surface area (TPSA) is 58.6 Å². The fourth-order valence-corrected chi connectivity index (χ4v) is 3.80. The van der Waals surface area contributed by atoms with Crippen molar-refractivity contribution in [3.05, 3.63) is 40.4 Å². The van der Waals surface area contributed by atoms with Gasteiger partial charge in [0.15, 0.2) is 0 Å². The van der Waals surface area contributed by atoms with Crippen LogP contribution in [0.15, 0.2) is 24.3 Å². The largest absolute Gasteiger partial charge is 0.496 e. The minimum atomic E-state index is 0.0369. The van der Waals surface area contributed by atoms with E-state index < -0.39 is 0 Å². The Hall–Kier alpha value is -1.99. The zero-order valence-corrected chi connectivity index (χ0v) is 15.0. The van der Waals surface area contributed by atoms with Crippen LogP contribution >= 0.6 is 11.5 Å². The molecule has 0 bridgehead atoms. The van der Waals surface area contributed by atoms with Crippen molar-refractivity contribution >= 4 is 17.4 Å². The maximum absolute atomic E-state index is 12.9. The number of piperazine rings is 1. The number of aromatic nitrogens is 2. The smallest absolute Gasteiger partial charge is 0.267 e. The highest BCUT2D eigenvalue weighted by atomic mass is 32.1. The number of rotatable bonds is 4. The van der Waals surface area contributed by atoms with Crippen LogP contribution in [0.2, 0.25) is 0 Å². The van der Waals surface area contributed by atoms with Crippen LogP contribution in [0.5, 0.6) is 5.75 Å². The van der Waals surface area contributed by atoms with Gasteiger partial charge < -0.3 is 9.64 Å². The molecule has 7 heteroatoms. The Bertz CT molecular complexity index is 718. The molecule has 0 saturated carbocycles. The van der Waals surface area contributed by atoms with E-state index >= 15 is 0 Å². The van der Waals surface area contributed by atoms with E-state index in [4.69, 9.17) is 4.74 Å². The number of amides is 1. The van der Waals surface area contributed by atoms with Gasteiger partial charge in [0.05, 0.1) is 18.8 Å². The third-order valence-corrected chi connectivity index (χ3v) is 5.27. The van der Waals surface area contributed by atoms with E-state index in [0.717, 1.165) is 30.0 Å². The van der Waals surface area contributed by atoms with Gasteiger partial charge in [-0.3, -0.25) is 9.69 Å². The molecule has 2 aromatic rings. The second-order valence-corrected chi connectivity index (χ2v) is 6.65. The van der Waals surface area contributed by atoms with Crippen LogP contribution in [-0.2, 0) is 6.42 Å². The molecule has 0 N–H and O–H groups in total. The molecule has 0 spiro atoms. The summed E-state index contributed by atoms with van der Waals surface area (Å²) < 4.78 is 9.45. The fourth-order valence-electron chi connectivity index (χ4n) is 3.08. The first-order valence-corrected chi connectivity index (χ1v) is 8.86. The van der Waals surface area contributed by atoms with Crippen molar-refractivity contribution in [3.8, 4) is 5.75 Å². The number of carbonyl (C=O) groups is 1. The van der Waals surface area contributed by atoms with Crippen LogP contribution in [-0.4, -0.2) is 59.1 Å². The summed E-state index contributed by atoms with van der Waals surface area (Å²) >= 11 is 1.19. The predicted octanol–water partition coefficient (Wildman–Crippen LogP) is 2.24. The monoisotopic (exact) mass is 346 g/mol. The number of aryl methyl sites for hydroxylation is 1. The Labute approximate surface area is 146 Å². The van der Waals surface area contributed by atoms with Crippen LogP contribution in [0.25, 0.3) is 0 Å². The summed E-state index contributed by atoms with van der Waals surface area (Å²) in [5, 5.41) is 4.06. The summed E-state index contributed by atoms with van der Waals surface area (Å²) in [6.07, 6.45) is 0.723. The molecule has 1 amide bonds. The SMILES string of the molecule is CCc1nnsc1C(=O)N1CCN(C)[C@H](c2ccccc2OC)C1. The number of nitrogens with zero attached hydrogens (tertiary/aromatic N) is 4. The van der Waals surface area contributed by atoms with Crippen LogP contribution in [0.1, 0.15) is 33.9 Å². The van der Waals surface area contributed by atoms with Crippen LogP contribution in [0, 0.1) is 0 Å². The summed E-state index contributed by atoms with van der Waals surface area (Å²) in [7, 11) is 3.77. The normalized spacial score (nSPS) is 18.6. The van der Waals surface area contributed by atoms with Gasteiger partial charge in [-0.05, 0) is 31.1 Å². The van der Waals surface area contributed by atoms with E-state index in [1.807, 2.05) is 30.0 Å². The first kappa shape index (κ1) is 16.9. The van der Waals surface area contributed by atoms with Crippen LogP contribution in [0.3, 0.4) is 0 Å². The predicted molar refractivity (Wildman–Crippen MR) is 93.6 cm³/mol. The molecule has 2 heterocycles. The second kappa shape index (κ2) is 7.27. The Morgan fingerprint density at radius 1 is 1.38 bits per heavy atom. The summed E-state index contributed by atoms with van der Waals surface area (Å²) in [5.74, 6) is 0.896. The van der Waals surface area contributed by atoms with E-state index in [-0.39, 0.29) is 11.9 Å². The molecule has 1 atom stereocenters. The molecule has 128 valence electrons. The molecule has 1 fully saturated rings. The zero-order chi connectivity index (χ0) is 17.1. The summed E-state index contributed by atoms with van der Waals surface area (Å²) in [4.78, 5) is 17.7. The van der Waals surface area contributed by atoms with Crippen molar-refractivity contribution in [2.24, 2.45) is 0 Å². The second-order valence-electron chi connectivity index (χ2n) is 5.89. The Morgan fingerprint density at radius 2 is 2.17 bits per heavy atom. The van der Waals surface area contributed by atoms with E-state index in [0.29, 0.717) is 18.0 Å². The van der Waals surface area contributed by atoms with Crippen molar-refractivity contribution in [2.75, 3.05) is 33.8 Å². The van der Waals surface area contributed by atoms with E-state index in [1.54, 1.807) is 7.11 Å². The first-order chi connectivity index (χ1) is 11.7. The Morgan fingerprint density at radius 3 is 2.92 bits per heavy atom. The van der Waals surface area contributed by atoms with E-state index in [2.05, 4.69) is 27.6 Å². The van der Waals surface area contributed by atoms with Gasteiger partial charge in [-0.1, -0.05) is 29.6 Å². The molecule has 0 aliphatic carbocycles. The minimum Gasteiger partial charge on any atom is -0.496 e. The van der Waals surface area contributed by atoms with Crippen molar-refractivity contribution in [3.63, 3.8) is 0 Å². The van der Waals surface area contributed by atoms with Crippen LogP contribution < -0.4 is 4.74 Å². The molecule has 24 heavy (non-hydrogen) atoms. The number of hydrogen-bond donors (Lipinski definition) is 0. The van der Waals surface area contributed by atoms with Crippen molar-refractivity contribution in [1.29, 1.82) is 0 Å². The van der Waals surface area contributed by atoms with Gasteiger partial charge >= 0.3 is 0 Å². The van der Waals surface area contributed by atoms with Gasteiger partial charge in [-0.2, -0.15) is 0 Å². The molecule has 1 aromatic heterocycles. The average Bonchev–Trinajstić information content (AvgIpc) is 3.10. The first-order valence-electron chi connectivity index (χ1n) is 8.09. The molecule has 3 rings (SSSR count). The number of ether oxygens (including phenoxy) is 1. The van der Waals surface area contributed by atoms with E-state index in [9.17, 15) is 4.79 Å². The Kier molecular flexibility index (Phi) is 5.11.